The largest absolute Gasteiger partial charge is 0.481 e. The van der Waals surface area contributed by atoms with E-state index >= 15 is 0 Å². The molecule has 7 heteroatoms. The third kappa shape index (κ3) is 4.03. The fourth-order valence-corrected chi connectivity index (χ4v) is 3.66. The normalized spacial score (nSPS) is 20.6. The van der Waals surface area contributed by atoms with Crippen LogP contribution in [-0.2, 0) is 19.1 Å². The van der Waals surface area contributed by atoms with E-state index in [4.69, 9.17) is 4.74 Å². The highest BCUT2D eigenvalue weighted by Crippen LogP contribution is 2.33. The number of fused-ring (bicyclic) bond motifs is 1. The summed E-state index contributed by atoms with van der Waals surface area (Å²) in [7, 11) is 0. The first kappa shape index (κ1) is 19.1. The zero-order valence-corrected chi connectivity index (χ0v) is 15.3. The first-order chi connectivity index (χ1) is 12.9. The average Bonchev–Trinajstić information content (AvgIpc) is 2.67. The van der Waals surface area contributed by atoms with Crippen molar-refractivity contribution in [2.75, 3.05) is 19.8 Å². The molecule has 1 fully saturated rings. The second-order valence-electron chi connectivity index (χ2n) is 7.07. The molecule has 0 spiro atoms. The third-order valence-electron chi connectivity index (χ3n) is 5.38. The number of hydrogen-bond donors (Lipinski definition) is 2. The maximum atomic E-state index is 12.6. The van der Waals surface area contributed by atoms with E-state index < -0.39 is 17.4 Å². The molecule has 2 N–H and O–H groups in total. The Hall–Kier alpha value is -2.67. The summed E-state index contributed by atoms with van der Waals surface area (Å²) >= 11 is 0. The number of carbonyl (C=O) groups excluding carboxylic acids is 2. The van der Waals surface area contributed by atoms with Crippen molar-refractivity contribution in [3.8, 4) is 0 Å². The maximum Gasteiger partial charge on any atom is 0.311 e. The Kier molecular flexibility index (Phi) is 5.60. The molecule has 3 rings (SSSR count). The Labute approximate surface area is 158 Å². The monoisotopic (exact) mass is 372 g/mol. The summed E-state index contributed by atoms with van der Waals surface area (Å²) < 4.78 is 5.25. The predicted octanol–water partition coefficient (Wildman–Crippen LogP) is 1.95. The highest BCUT2D eigenvalue weighted by molar-refractivity contribution is 5.82. The summed E-state index contributed by atoms with van der Waals surface area (Å²) in [6, 6.07) is 7.23. The van der Waals surface area contributed by atoms with E-state index in [1.165, 1.54) is 6.92 Å². The van der Waals surface area contributed by atoms with E-state index in [1.54, 1.807) is 11.1 Å². The topological polar surface area (TPSA) is 95.9 Å². The lowest BCUT2D eigenvalue weighted by atomic mass is 9.80. The predicted molar refractivity (Wildman–Crippen MR) is 98.5 cm³/mol. The van der Waals surface area contributed by atoms with Gasteiger partial charge in [0.15, 0.2) is 0 Å². The molecular formula is C20H24N2O5. The molecule has 0 aliphatic carbocycles. The van der Waals surface area contributed by atoms with Crippen molar-refractivity contribution in [3.63, 3.8) is 0 Å². The molecule has 2 aliphatic rings. The van der Waals surface area contributed by atoms with E-state index in [1.807, 2.05) is 30.3 Å². The van der Waals surface area contributed by atoms with E-state index in [0.29, 0.717) is 26.1 Å². The molecule has 1 atom stereocenters. The van der Waals surface area contributed by atoms with Crippen molar-refractivity contribution < 1.29 is 24.2 Å². The molecule has 2 aliphatic heterocycles. The second-order valence-corrected chi connectivity index (χ2v) is 7.07. The Morgan fingerprint density at radius 1 is 1.26 bits per heavy atom. The summed E-state index contributed by atoms with van der Waals surface area (Å²) in [6.45, 7) is 2.28. The first-order valence-corrected chi connectivity index (χ1v) is 9.07. The number of carbonyl (C=O) groups is 3. The van der Waals surface area contributed by atoms with Crippen LogP contribution in [-0.4, -0.2) is 47.5 Å². The lowest BCUT2D eigenvalue weighted by Gasteiger charge is -2.34. The summed E-state index contributed by atoms with van der Waals surface area (Å²) in [5.74, 6) is -1.34. The average molecular weight is 372 g/mol. The number of hydrogen-bond acceptors (Lipinski definition) is 4. The van der Waals surface area contributed by atoms with Crippen molar-refractivity contribution in [2.45, 2.75) is 32.2 Å². The summed E-state index contributed by atoms with van der Waals surface area (Å²) in [5, 5.41) is 12.4. The lowest BCUT2D eigenvalue weighted by Crippen LogP contribution is -2.47. The maximum absolute atomic E-state index is 12.6. The van der Waals surface area contributed by atoms with Crippen molar-refractivity contribution in [3.05, 3.63) is 41.6 Å². The van der Waals surface area contributed by atoms with Crippen LogP contribution in [0.15, 0.2) is 30.5 Å². The number of carboxylic acids is 1. The molecule has 1 aromatic rings. The van der Waals surface area contributed by atoms with Gasteiger partial charge in [0.05, 0.1) is 17.9 Å². The van der Waals surface area contributed by atoms with Crippen LogP contribution in [0.4, 0.5) is 0 Å². The molecule has 0 radical (unpaired) electrons. The van der Waals surface area contributed by atoms with Crippen molar-refractivity contribution in [1.82, 2.24) is 10.2 Å². The lowest BCUT2D eigenvalue weighted by molar-refractivity contribution is -0.154. The molecule has 1 unspecified atom stereocenters. The Balaban J connectivity index is 1.71. The summed E-state index contributed by atoms with van der Waals surface area (Å²) in [4.78, 5) is 37.9. The molecule has 0 saturated carbocycles. The van der Waals surface area contributed by atoms with Gasteiger partial charge >= 0.3 is 5.97 Å². The second kappa shape index (κ2) is 7.92. The van der Waals surface area contributed by atoms with Gasteiger partial charge in [-0.05, 0) is 30.0 Å². The Bertz CT molecular complexity index is 767. The molecule has 1 saturated heterocycles. The van der Waals surface area contributed by atoms with Gasteiger partial charge in [0, 0.05) is 32.9 Å². The minimum absolute atomic E-state index is 0.0643. The zero-order chi connectivity index (χ0) is 19.4. The van der Waals surface area contributed by atoms with Crippen LogP contribution in [0.25, 0.3) is 6.08 Å². The van der Waals surface area contributed by atoms with Crippen LogP contribution in [0.3, 0.4) is 0 Å². The van der Waals surface area contributed by atoms with Crippen molar-refractivity contribution in [2.24, 2.45) is 5.41 Å². The molecule has 2 heterocycles. The van der Waals surface area contributed by atoms with Crippen LogP contribution in [0.5, 0.6) is 0 Å². The molecule has 2 amide bonds. The third-order valence-corrected chi connectivity index (χ3v) is 5.38. The van der Waals surface area contributed by atoms with Crippen LogP contribution < -0.4 is 5.32 Å². The van der Waals surface area contributed by atoms with Gasteiger partial charge < -0.3 is 20.1 Å². The zero-order valence-electron chi connectivity index (χ0n) is 15.3. The highest BCUT2D eigenvalue weighted by Gasteiger charge is 2.40. The Morgan fingerprint density at radius 2 is 1.96 bits per heavy atom. The van der Waals surface area contributed by atoms with Crippen molar-refractivity contribution >= 4 is 23.9 Å². The van der Waals surface area contributed by atoms with E-state index in [-0.39, 0.29) is 24.8 Å². The molecule has 0 bridgehead atoms. The van der Waals surface area contributed by atoms with Crippen LogP contribution in [0.2, 0.25) is 0 Å². The van der Waals surface area contributed by atoms with Crippen molar-refractivity contribution in [1.29, 1.82) is 0 Å². The number of aliphatic carboxylic acids is 1. The van der Waals surface area contributed by atoms with Crippen LogP contribution in [0.1, 0.15) is 43.4 Å². The minimum atomic E-state index is -0.988. The fourth-order valence-electron chi connectivity index (χ4n) is 3.66. The number of benzene rings is 1. The number of nitrogens with one attached hydrogen (secondary N) is 1. The summed E-state index contributed by atoms with van der Waals surface area (Å²) in [5.41, 5.74) is 0.891. The molecule has 0 aromatic heterocycles. The Morgan fingerprint density at radius 3 is 2.63 bits per heavy atom. The van der Waals surface area contributed by atoms with Gasteiger partial charge in [-0.25, -0.2) is 0 Å². The number of nitrogens with zero attached hydrogens (tertiary/aromatic N) is 1. The van der Waals surface area contributed by atoms with Gasteiger partial charge in [0.2, 0.25) is 11.8 Å². The fraction of sp³-hybridized carbons (Fsp3) is 0.450. The minimum Gasteiger partial charge on any atom is -0.481 e. The molecule has 144 valence electrons. The quantitative estimate of drug-likeness (QED) is 0.824. The van der Waals surface area contributed by atoms with E-state index in [0.717, 1.165) is 11.1 Å². The molecular weight excluding hydrogens is 348 g/mol. The number of amides is 2. The van der Waals surface area contributed by atoms with Crippen LogP contribution in [0, 0.1) is 5.41 Å². The SMILES string of the molecule is CC(=O)N1C=Cc2ccccc2C1CC(=O)NCC1(C(=O)O)CCOCC1. The van der Waals surface area contributed by atoms with Crippen LogP contribution >= 0.6 is 0 Å². The molecule has 7 nitrogen and oxygen atoms in total. The standard InChI is InChI=1S/C20H24N2O5/c1-14(23)22-9-6-15-4-2-3-5-16(15)17(22)12-18(24)21-13-20(19(25)26)7-10-27-11-8-20/h2-6,9,17H,7-8,10-13H2,1H3,(H,21,24)(H,25,26). The van der Waals surface area contributed by atoms with Gasteiger partial charge in [-0.15, -0.1) is 0 Å². The van der Waals surface area contributed by atoms with Gasteiger partial charge in [0.25, 0.3) is 0 Å². The smallest absolute Gasteiger partial charge is 0.311 e. The highest BCUT2D eigenvalue weighted by atomic mass is 16.5. The number of ether oxygens (including phenoxy) is 1. The number of carboxylic acid groups (broad SMARTS) is 1. The summed E-state index contributed by atoms with van der Waals surface area (Å²) in [6.07, 6.45) is 4.37. The van der Waals surface area contributed by atoms with E-state index in [9.17, 15) is 19.5 Å². The first-order valence-electron chi connectivity index (χ1n) is 9.07. The molecule has 1 aromatic carbocycles. The van der Waals surface area contributed by atoms with Gasteiger partial charge in [-0.3, -0.25) is 14.4 Å². The van der Waals surface area contributed by atoms with Gasteiger partial charge in [-0.1, -0.05) is 24.3 Å². The number of rotatable bonds is 5. The van der Waals surface area contributed by atoms with E-state index in [2.05, 4.69) is 5.32 Å². The van der Waals surface area contributed by atoms with Gasteiger partial charge in [-0.2, -0.15) is 0 Å². The molecule has 27 heavy (non-hydrogen) atoms. The van der Waals surface area contributed by atoms with Gasteiger partial charge in [0.1, 0.15) is 0 Å².